The van der Waals surface area contributed by atoms with E-state index in [1.54, 1.807) is 32.0 Å². The number of benzene rings is 3. The molecule has 2 heterocycles. The van der Waals surface area contributed by atoms with Gasteiger partial charge in [-0.3, -0.25) is 15.0 Å². The van der Waals surface area contributed by atoms with Gasteiger partial charge in [0, 0.05) is 22.4 Å². The number of aromatic nitrogens is 2. The van der Waals surface area contributed by atoms with E-state index in [1.807, 2.05) is 6.07 Å². The maximum atomic E-state index is 13.8. The van der Waals surface area contributed by atoms with Gasteiger partial charge in [0.15, 0.2) is 0 Å². The molecule has 5 rings (SSSR count). The summed E-state index contributed by atoms with van der Waals surface area (Å²) in [5.41, 5.74) is -0.0938. The number of ether oxygens (including phenoxy) is 1. The fraction of sp³-hybridized carbons (Fsp3) is 0.154. The van der Waals surface area contributed by atoms with E-state index in [4.69, 9.17) is 9.84 Å². The van der Waals surface area contributed by atoms with Gasteiger partial charge in [-0.2, -0.15) is 13.2 Å². The molecule has 0 radical (unpaired) electrons. The van der Waals surface area contributed by atoms with Crippen LogP contribution in [0.25, 0.3) is 11.0 Å². The molecule has 12 heteroatoms. The number of rotatable bonds is 4. The molecular formula is C26H19F3N4O5. The number of nitrogens with zero attached hydrogens (tertiary/aromatic N) is 2. The zero-order valence-corrected chi connectivity index (χ0v) is 19.9. The summed E-state index contributed by atoms with van der Waals surface area (Å²) in [6.07, 6.45) is -6.74. The summed E-state index contributed by atoms with van der Waals surface area (Å²) >= 11 is 0. The van der Waals surface area contributed by atoms with Gasteiger partial charge in [-0.05, 0) is 55.3 Å². The quantitative estimate of drug-likeness (QED) is 0.314. The van der Waals surface area contributed by atoms with Crippen LogP contribution in [0.2, 0.25) is 0 Å². The predicted molar refractivity (Wildman–Crippen MR) is 130 cm³/mol. The second kappa shape index (κ2) is 8.61. The van der Waals surface area contributed by atoms with Crippen molar-refractivity contribution in [2.24, 2.45) is 0 Å². The fourth-order valence-corrected chi connectivity index (χ4v) is 4.74. The molecule has 0 bridgehead atoms. The number of nitrogens with one attached hydrogen (secondary N) is 2. The third kappa shape index (κ3) is 3.99. The maximum Gasteiger partial charge on any atom is 0.491 e. The largest absolute Gasteiger partial charge is 0.491 e. The first kappa shape index (κ1) is 24.8. The van der Waals surface area contributed by atoms with Crippen molar-refractivity contribution in [2.75, 3.05) is 10.2 Å². The Morgan fingerprint density at radius 2 is 1.74 bits per heavy atom. The number of imidazole rings is 1. The van der Waals surface area contributed by atoms with Crippen molar-refractivity contribution in [3.63, 3.8) is 0 Å². The van der Waals surface area contributed by atoms with Crippen LogP contribution in [0, 0.1) is 13.8 Å². The number of fused-ring (bicyclic) bond motifs is 2. The number of esters is 1. The van der Waals surface area contributed by atoms with Crippen molar-refractivity contribution in [3.05, 3.63) is 88.5 Å². The Bertz CT molecular complexity index is 1610. The van der Waals surface area contributed by atoms with Crippen LogP contribution in [0.4, 0.5) is 29.6 Å². The van der Waals surface area contributed by atoms with E-state index in [1.165, 1.54) is 36.4 Å². The molecule has 1 aliphatic heterocycles. The number of aryl methyl sites for hydroxylation is 2. The number of alkyl halides is 3. The molecule has 0 aliphatic carbocycles. The normalized spacial score (nSPS) is 17.0. The molecule has 0 spiro atoms. The second-order valence-corrected chi connectivity index (χ2v) is 8.81. The Hall–Kier alpha value is -4.87. The predicted octanol–water partition coefficient (Wildman–Crippen LogP) is 5.24. The third-order valence-electron chi connectivity index (χ3n) is 6.08. The minimum absolute atomic E-state index is 0.00608. The molecule has 38 heavy (non-hydrogen) atoms. The average Bonchev–Trinajstić information content (AvgIpc) is 3.33. The number of amides is 2. The number of H-pyrrole nitrogens is 1. The molecule has 2 amide bonds. The zero-order chi connectivity index (χ0) is 27.4. The number of halogens is 3. The standard InChI is InChI=1S/C26H19F3N4O5/c1-13-9-14(2)11-16(10-13)33-21(34)17-5-3-4-6-18(17)25(33,38-22(35)26(27,28)29)15-7-8-19-20(12-15)31-23(30-19)32-24(36)37/h3-12H,1-2H3,(H,36,37)(H2,30,31,32). The summed E-state index contributed by atoms with van der Waals surface area (Å²) in [5.74, 6) is -3.29. The summed E-state index contributed by atoms with van der Waals surface area (Å²) in [6, 6.07) is 15.2. The molecule has 3 N–H and O–H groups in total. The van der Waals surface area contributed by atoms with E-state index in [2.05, 4.69) is 15.3 Å². The van der Waals surface area contributed by atoms with Gasteiger partial charge in [0.25, 0.3) is 5.91 Å². The Kier molecular flexibility index (Phi) is 5.62. The van der Waals surface area contributed by atoms with Gasteiger partial charge in [-0.25, -0.2) is 14.6 Å². The number of carbonyl (C=O) groups excluding carboxylic acids is 2. The summed E-state index contributed by atoms with van der Waals surface area (Å²) < 4.78 is 46.2. The van der Waals surface area contributed by atoms with Crippen molar-refractivity contribution in [1.29, 1.82) is 0 Å². The summed E-state index contributed by atoms with van der Waals surface area (Å²) in [4.78, 5) is 45.2. The smallest absolute Gasteiger partial charge is 0.465 e. The van der Waals surface area contributed by atoms with Crippen LogP contribution in [-0.4, -0.2) is 39.2 Å². The van der Waals surface area contributed by atoms with Crippen LogP contribution < -0.4 is 10.2 Å². The van der Waals surface area contributed by atoms with E-state index in [9.17, 15) is 27.6 Å². The molecule has 4 aromatic rings. The number of carboxylic acid groups (broad SMARTS) is 1. The van der Waals surface area contributed by atoms with Gasteiger partial charge in [0.05, 0.1) is 11.0 Å². The molecular weight excluding hydrogens is 505 g/mol. The highest BCUT2D eigenvalue weighted by atomic mass is 19.4. The molecule has 0 saturated heterocycles. The van der Waals surface area contributed by atoms with Gasteiger partial charge in [-0.1, -0.05) is 30.3 Å². The van der Waals surface area contributed by atoms with E-state index in [-0.39, 0.29) is 33.8 Å². The fourth-order valence-electron chi connectivity index (χ4n) is 4.74. The van der Waals surface area contributed by atoms with Gasteiger partial charge in [-0.15, -0.1) is 0 Å². The Morgan fingerprint density at radius 1 is 1.05 bits per heavy atom. The van der Waals surface area contributed by atoms with Gasteiger partial charge in [0.2, 0.25) is 11.7 Å². The molecule has 0 fully saturated rings. The molecule has 1 atom stereocenters. The highest BCUT2D eigenvalue weighted by molar-refractivity contribution is 6.13. The maximum absolute atomic E-state index is 13.8. The lowest BCUT2D eigenvalue weighted by molar-refractivity contribution is -0.211. The summed E-state index contributed by atoms with van der Waals surface area (Å²) in [6.45, 7) is 3.53. The average molecular weight is 524 g/mol. The number of carbonyl (C=O) groups is 3. The molecule has 0 saturated carbocycles. The van der Waals surface area contributed by atoms with Crippen molar-refractivity contribution in [1.82, 2.24) is 9.97 Å². The molecule has 1 aliphatic rings. The minimum Gasteiger partial charge on any atom is -0.465 e. The van der Waals surface area contributed by atoms with E-state index in [0.29, 0.717) is 5.52 Å². The number of aromatic amines is 1. The highest BCUT2D eigenvalue weighted by Crippen LogP contribution is 2.49. The third-order valence-corrected chi connectivity index (χ3v) is 6.08. The lowest BCUT2D eigenvalue weighted by Crippen LogP contribution is -2.50. The molecule has 194 valence electrons. The molecule has 1 aromatic heterocycles. The van der Waals surface area contributed by atoms with Gasteiger partial charge >= 0.3 is 18.2 Å². The zero-order valence-electron chi connectivity index (χ0n) is 19.9. The van der Waals surface area contributed by atoms with Crippen molar-refractivity contribution < 1.29 is 37.4 Å². The van der Waals surface area contributed by atoms with Crippen molar-refractivity contribution in [2.45, 2.75) is 25.7 Å². The van der Waals surface area contributed by atoms with Crippen LogP contribution in [0.1, 0.15) is 32.6 Å². The van der Waals surface area contributed by atoms with Crippen molar-refractivity contribution >= 4 is 40.6 Å². The van der Waals surface area contributed by atoms with Crippen LogP contribution in [0.3, 0.4) is 0 Å². The van der Waals surface area contributed by atoms with Crippen LogP contribution >= 0.6 is 0 Å². The molecule has 3 aromatic carbocycles. The minimum atomic E-state index is -5.36. The lowest BCUT2D eigenvalue weighted by Gasteiger charge is -2.39. The SMILES string of the molecule is Cc1cc(C)cc(N2C(=O)c3ccccc3C2(OC(=O)C(F)(F)F)c2ccc3[nH]c(NC(=O)O)nc3c2)c1. The van der Waals surface area contributed by atoms with Gasteiger partial charge < -0.3 is 14.8 Å². The first-order valence-electron chi connectivity index (χ1n) is 11.2. The number of hydrogen-bond donors (Lipinski definition) is 3. The Balaban J connectivity index is 1.82. The first-order chi connectivity index (χ1) is 17.9. The van der Waals surface area contributed by atoms with E-state index in [0.717, 1.165) is 16.0 Å². The topological polar surface area (TPSA) is 125 Å². The summed E-state index contributed by atoms with van der Waals surface area (Å²) in [7, 11) is 0. The van der Waals surface area contributed by atoms with E-state index < -0.39 is 29.9 Å². The van der Waals surface area contributed by atoms with Crippen LogP contribution in [0.5, 0.6) is 0 Å². The lowest BCUT2D eigenvalue weighted by atomic mass is 9.92. The van der Waals surface area contributed by atoms with Crippen LogP contribution in [-0.2, 0) is 15.3 Å². The first-order valence-corrected chi connectivity index (χ1v) is 11.2. The number of anilines is 2. The summed E-state index contributed by atoms with van der Waals surface area (Å²) in [5, 5.41) is 11.1. The Morgan fingerprint density at radius 3 is 2.39 bits per heavy atom. The monoisotopic (exact) mass is 524 g/mol. The molecule has 9 nitrogen and oxygen atoms in total. The number of hydrogen-bond acceptors (Lipinski definition) is 5. The second-order valence-electron chi connectivity index (χ2n) is 8.81. The molecule has 1 unspecified atom stereocenters. The van der Waals surface area contributed by atoms with E-state index >= 15 is 0 Å². The Labute approximate surface area is 212 Å². The van der Waals surface area contributed by atoms with Crippen molar-refractivity contribution in [3.8, 4) is 0 Å². The van der Waals surface area contributed by atoms with Crippen LogP contribution in [0.15, 0.2) is 60.7 Å². The van der Waals surface area contributed by atoms with Gasteiger partial charge in [0.1, 0.15) is 0 Å². The highest BCUT2D eigenvalue weighted by Gasteiger charge is 2.58.